The molecular formula is C14H22O2. The van der Waals surface area contributed by atoms with Crippen LogP contribution in [0.25, 0.3) is 0 Å². The van der Waals surface area contributed by atoms with Crippen LogP contribution in [0.5, 0.6) is 0 Å². The molecule has 0 aromatic rings. The number of methoxy groups -OCH3 is 1. The first kappa shape index (κ1) is 11.9. The van der Waals surface area contributed by atoms with Crippen LogP contribution in [0.3, 0.4) is 0 Å². The van der Waals surface area contributed by atoms with Crippen molar-refractivity contribution in [2.45, 2.75) is 44.3 Å². The first-order valence-corrected chi connectivity index (χ1v) is 6.01. The zero-order valence-corrected chi connectivity index (χ0v) is 10.5. The van der Waals surface area contributed by atoms with Crippen LogP contribution in [0.15, 0.2) is 24.8 Å². The van der Waals surface area contributed by atoms with Crippen molar-refractivity contribution in [1.29, 1.82) is 0 Å². The van der Waals surface area contributed by atoms with Gasteiger partial charge in [-0.3, -0.25) is 0 Å². The van der Waals surface area contributed by atoms with Gasteiger partial charge in [-0.15, -0.1) is 6.58 Å². The summed E-state index contributed by atoms with van der Waals surface area (Å²) < 4.78 is 5.65. The predicted molar refractivity (Wildman–Crippen MR) is 65.1 cm³/mol. The summed E-state index contributed by atoms with van der Waals surface area (Å²) in [5.74, 6) is 0.428. The summed E-state index contributed by atoms with van der Waals surface area (Å²) in [5.41, 5.74) is -1.52. The van der Waals surface area contributed by atoms with Gasteiger partial charge in [-0.2, -0.15) is 0 Å². The molecule has 3 rings (SSSR count). The summed E-state index contributed by atoms with van der Waals surface area (Å²) in [7, 11) is 1.69. The van der Waals surface area contributed by atoms with E-state index >= 15 is 0 Å². The van der Waals surface area contributed by atoms with Gasteiger partial charge in [0.25, 0.3) is 0 Å². The maximum atomic E-state index is 10.9. The number of rotatable bonds is 3. The van der Waals surface area contributed by atoms with Crippen LogP contribution in [0.4, 0.5) is 0 Å². The topological polar surface area (TPSA) is 29.5 Å². The molecule has 0 aromatic heterocycles. The number of hydrogen-bond donors (Lipinski definition) is 1. The monoisotopic (exact) mass is 222 g/mol. The fourth-order valence-corrected chi connectivity index (χ4v) is 3.62. The number of ether oxygens (including phenoxy) is 1. The van der Waals surface area contributed by atoms with Gasteiger partial charge in [0.2, 0.25) is 0 Å². The van der Waals surface area contributed by atoms with Crippen LogP contribution in [0, 0.1) is 11.3 Å². The van der Waals surface area contributed by atoms with Gasteiger partial charge in [0.15, 0.2) is 0 Å². The van der Waals surface area contributed by atoms with E-state index in [9.17, 15) is 5.11 Å². The number of aliphatic hydroxyl groups is 1. The Morgan fingerprint density at radius 1 is 1.56 bits per heavy atom. The minimum Gasteiger partial charge on any atom is -0.386 e. The van der Waals surface area contributed by atoms with Gasteiger partial charge in [-0.05, 0) is 32.1 Å². The second-order valence-electron chi connectivity index (χ2n) is 5.58. The van der Waals surface area contributed by atoms with Crippen molar-refractivity contribution < 1.29 is 9.84 Å². The zero-order valence-electron chi connectivity index (χ0n) is 10.5. The molecule has 0 saturated heterocycles. The largest absolute Gasteiger partial charge is 0.386 e. The quantitative estimate of drug-likeness (QED) is 0.744. The maximum Gasteiger partial charge on any atom is 0.115 e. The predicted octanol–water partition coefficient (Wildman–Crippen LogP) is 2.68. The first-order valence-electron chi connectivity index (χ1n) is 6.01. The molecule has 0 spiro atoms. The van der Waals surface area contributed by atoms with Crippen molar-refractivity contribution in [2.24, 2.45) is 11.3 Å². The molecule has 3 aliphatic rings. The number of fused-ring (bicyclic) bond motifs is 2. The Morgan fingerprint density at radius 2 is 2.25 bits per heavy atom. The average Bonchev–Trinajstić information content (AvgIpc) is 2.27. The fraction of sp³-hybridized carbons (Fsp3) is 0.714. The molecule has 4 atom stereocenters. The molecule has 0 amide bonds. The highest BCUT2D eigenvalue weighted by molar-refractivity contribution is 5.29. The third kappa shape index (κ3) is 1.15. The van der Waals surface area contributed by atoms with E-state index in [-0.39, 0.29) is 5.41 Å². The lowest BCUT2D eigenvalue weighted by Crippen LogP contribution is -2.68. The van der Waals surface area contributed by atoms with Gasteiger partial charge in [0.1, 0.15) is 11.2 Å². The van der Waals surface area contributed by atoms with Gasteiger partial charge in [0.05, 0.1) is 0 Å². The molecule has 2 bridgehead atoms. The van der Waals surface area contributed by atoms with Crippen LogP contribution in [-0.4, -0.2) is 23.4 Å². The van der Waals surface area contributed by atoms with Crippen molar-refractivity contribution >= 4 is 0 Å². The van der Waals surface area contributed by atoms with Gasteiger partial charge in [0, 0.05) is 12.5 Å². The highest BCUT2D eigenvalue weighted by Gasteiger charge is 2.64. The molecule has 2 nitrogen and oxygen atoms in total. The lowest BCUT2D eigenvalue weighted by molar-refractivity contribution is -0.235. The van der Waals surface area contributed by atoms with Crippen molar-refractivity contribution in [3.8, 4) is 0 Å². The molecule has 0 unspecified atom stereocenters. The third-order valence-electron chi connectivity index (χ3n) is 5.11. The Hall–Kier alpha value is -0.600. The van der Waals surface area contributed by atoms with Gasteiger partial charge in [-0.25, -0.2) is 0 Å². The Balaban J connectivity index is 2.51. The van der Waals surface area contributed by atoms with Gasteiger partial charge in [-0.1, -0.05) is 25.2 Å². The Labute approximate surface area is 98.0 Å². The number of hydrogen-bond acceptors (Lipinski definition) is 2. The van der Waals surface area contributed by atoms with E-state index in [2.05, 4.69) is 25.7 Å². The normalized spacial score (nSPS) is 50.6. The molecule has 3 aliphatic carbocycles. The van der Waals surface area contributed by atoms with E-state index in [1.54, 1.807) is 7.11 Å². The van der Waals surface area contributed by atoms with Crippen LogP contribution < -0.4 is 0 Å². The standard InChI is InChI=1S/C14H22O2/c1-5-8-12(2)11-6-9-14(16-4,10-7-11)13(12,3)15/h5-6,9,11,15H,1,7-8,10H2,2-4H3/t11-,12+,13-,14-/m1/s1. The van der Waals surface area contributed by atoms with Crippen LogP contribution in [0.1, 0.15) is 33.1 Å². The van der Waals surface area contributed by atoms with E-state index < -0.39 is 11.2 Å². The highest BCUT2D eigenvalue weighted by Crippen LogP contribution is 2.59. The molecule has 0 heterocycles. The van der Waals surface area contributed by atoms with Crippen molar-refractivity contribution in [2.75, 3.05) is 7.11 Å². The lowest BCUT2D eigenvalue weighted by atomic mass is 9.49. The molecule has 90 valence electrons. The van der Waals surface area contributed by atoms with E-state index in [0.29, 0.717) is 5.92 Å². The summed E-state index contributed by atoms with van der Waals surface area (Å²) >= 11 is 0. The van der Waals surface area contributed by atoms with E-state index in [0.717, 1.165) is 19.3 Å². The third-order valence-corrected chi connectivity index (χ3v) is 5.11. The van der Waals surface area contributed by atoms with E-state index in [4.69, 9.17) is 4.74 Å². The lowest BCUT2D eigenvalue weighted by Gasteiger charge is -2.62. The van der Waals surface area contributed by atoms with E-state index in [1.165, 1.54) is 0 Å². The molecule has 1 saturated carbocycles. The highest BCUT2D eigenvalue weighted by atomic mass is 16.5. The molecule has 0 aromatic carbocycles. The molecule has 1 fully saturated rings. The second-order valence-corrected chi connectivity index (χ2v) is 5.58. The summed E-state index contributed by atoms with van der Waals surface area (Å²) in [4.78, 5) is 0. The maximum absolute atomic E-state index is 10.9. The van der Waals surface area contributed by atoms with Crippen molar-refractivity contribution in [3.05, 3.63) is 24.8 Å². The van der Waals surface area contributed by atoms with Gasteiger partial charge < -0.3 is 9.84 Å². The minimum atomic E-state index is -0.833. The van der Waals surface area contributed by atoms with Crippen LogP contribution in [-0.2, 0) is 4.74 Å². The SMILES string of the molecule is C=CC[C@@]1(C)[C@@H]2C=C[C@@](OC)(CC2)[C@]1(C)O. The average molecular weight is 222 g/mol. The second kappa shape index (κ2) is 3.44. The summed E-state index contributed by atoms with van der Waals surface area (Å²) in [5, 5.41) is 10.9. The van der Waals surface area contributed by atoms with Crippen molar-refractivity contribution in [3.63, 3.8) is 0 Å². The molecule has 1 N–H and O–H groups in total. The minimum absolute atomic E-state index is 0.169. The summed E-state index contributed by atoms with van der Waals surface area (Å²) in [6, 6.07) is 0. The fourth-order valence-electron chi connectivity index (χ4n) is 3.62. The van der Waals surface area contributed by atoms with Crippen LogP contribution in [0.2, 0.25) is 0 Å². The number of allylic oxidation sites excluding steroid dienone is 2. The van der Waals surface area contributed by atoms with Crippen molar-refractivity contribution in [1.82, 2.24) is 0 Å². The summed E-state index contributed by atoms with van der Waals surface area (Å²) in [6.45, 7) is 7.88. The van der Waals surface area contributed by atoms with Gasteiger partial charge >= 0.3 is 0 Å². The molecule has 2 heteroatoms. The smallest absolute Gasteiger partial charge is 0.115 e. The molecular weight excluding hydrogens is 200 g/mol. The summed E-state index contributed by atoms with van der Waals surface area (Å²) in [6.07, 6.45) is 9.00. The molecule has 0 aliphatic heterocycles. The molecule has 0 radical (unpaired) electrons. The zero-order chi connectivity index (χ0) is 12.0. The Kier molecular flexibility index (Phi) is 2.56. The molecule has 16 heavy (non-hydrogen) atoms. The van der Waals surface area contributed by atoms with E-state index in [1.807, 2.05) is 13.0 Å². The van der Waals surface area contributed by atoms with Crippen LogP contribution >= 0.6 is 0 Å². The Bertz CT molecular complexity index is 332. The Morgan fingerprint density at radius 3 is 2.69 bits per heavy atom. The first-order chi connectivity index (χ1) is 7.43.